The van der Waals surface area contributed by atoms with Crippen molar-refractivity contribution in [2.75, 3.05) is 13.1 Å². The van der Waals surface area contributed by atoms with Crippen molar-refractivity contribution in [2.45, 2.75) is 18.9 Å². The zero-order valence-electron chi connectivity index (χ0n) is 10.8. The van der Waals surface area contributed by atoms with Gasteiger partial charge in [-0.25, -0.2) is 0 Å². The largest absolute Gasteiger partial charge is 0.339 e. The van der Waals surface area contributed by atoms with Gasteiger partial charge < -0.3 is 4.90 Å². The number of rotatable bonds is 3. The second kappa shape index (κ2) is 4.84. The van der Waals surface area contributed by atoms with Crippen LogP contribution < -0.4 is 0 Å². The van der Waals surface area contributed by atoms with E-state index in [2.05, 4.69) is 10.1 Å². The molecule has 2 aromatic heterocycles. The molecule has 1 unspecified atom stereocenters. The van der Waals surface area contributed by atoms with Gasteiger partial charge in [0.1, 0.15) is 6.04 Å². The number of hydrogen-bond donors (Lipinski definition) is 0. The van der Waals surface area contributed by atoms with Crippen LogP contribution in [0.15, 0.2) is 43.0 Å². The van der Waals surface area contributed by atoms with Crippen LogP contribution in [0.3, 0.4) is 0 Å². The maximum absolute atomic E-state index is 12.3. The maximum atomic E-state index is 12.3. The normalized spacial score (nSPS) is 17.0. The molecule has 3 rings (SSSR count). The molecule has 1 fully saturated rings. The highest BCUT2D eigenvalue weighted by molar-refractivity contribution is 5.81. The lowest BCUT2D eigenvalue weighted by molar-refractivity contribution is -0.139. The van der Waals surface area contributed by atoms with Gasteiger partial charge in [-0.2, -0.15) is 5.10 Å². The standard InChI is InChI=1S/C14H16N4O/c1-11(18-8-2-5-16-18)14(19)17-9-13(10-17)12-3-6-15-7-4-12/h2-8,11,13H,9-10H2,1H3. The highest BCUT2D eigenvalue weighted by Crippen LogP contribution is 2.28. The number of aromatic nitrogens is 3. The molecule has 1 aliphatic heterocycles. The Morgan fingerprint density at radius 3 is 2.68 bits per heavy atom. The van der Waals surface area contributed by atoms with Crippen LogP contribution in [0.5, 0.6) is 0 Å². The zero-order valence-corrected chi connectivity index (χ0v) is 10.8. The summed E-state index contributed by atoms with van der Waals surface area (Å²) in [7, 11) is 0. The lowest BCUT2D eigenvalue weighted by Gasteiger charge is -2.40. The Balaban J connectivity index is 1.60. The van der Waals surface area contributed by atoms with Gasteiger partial charge in [0, 0.05) is 43.8 Å². The fraction of sp³-hybridized carbons (Fsp3) is 0.357. The van der Waals surface area contributed by atoms with Crippen LogP contribution in [-0.4, -0.2) is 38.7 Å². The van der Waals surface area contributed by atoms with Crippen molar-refractivity contribution >= 4 is 5.91 Å². The Labute approximate surface area is 111 Å². The van der Waals surface area contributed by atoms with Crippen molar-refractivity contribution in [2.24, 2.45) is 0 Å². The topological polar surface area (TPSA) is 51.0 Å². The van der Waals surface area contributed by atoms with E-state index in [0.29, 0.717) is 5.92 Å². The van der Waals surface area contributed by atoms with Gasteiger partial charge in [-0.1, -0.05) is 0 Å². The van der Waals surface area contributed by atoms with Crippen LogP contribution in [-0.2, 0) is 4.79 Å². The van der Waals surface area contributed by atoms with Crippen LogP contribution >= 0.6 is 0 Å². The molecule has 5 heteroatoms. The van der Waals surface area contributed by atoms with Gasteiger partial charge in [0.2, 0.25) is 5.91 Å². The molecule has 3 heterocycles. The number of pyridine rings is 1. The molecule has 0 spiro atoms. The van der Waals surface area contributed by atoms with Gasteiger partial charge in [-0.15, -0.1) is 0 Å². The minimum Gasteiger partial charge on any atom is -0.339 e. The molecule has 19 heavy (non-hydrogen) atoms. The predicted octanol–water partition coefficient (Wildman–Crippen LogP) is 1.47. The van der Waals surface area contributed by atoms with Crippen molar-refractivity contribution < 1.29 is 4.79 Å². The van der Waals surface area contributed by atoms with E-state index < -0.39 is 0 Å². The SMILES string of the molecule is CC(C(=O)N1CC(c2ccncc2)C1)n1cccn1. The summed E-state index contributed by atoms with van der Waals surface area (Å²) in [6.07, 6.45) is 7.11. The third-order valence-electron chi connectivity index (χ3n) is 3.65. The van der Waals surface area contributed by atoms with Gasteiger partial charge in [0.05, 0.1) is 0 Å². The van der Waals surface area contributed by atoms with Gasteiger partial charge in [0.25, 0.3) is 0 Å². The van der Waals surface area contributed by atoms with E-state index >= 15 is 0 Å². The summed E-state index contributed by atoms with van der Waals surface area (Å²) in [4.78, 5) is 18.1. The summed E-state index contributed by atoms with van der Waals surface area (Å²) >= 11 is 0. The first kappa shape index (κ1) is 11.9. The molecular formula is C14H16N4O. The molecule has 98 valence electrons. The molecule has 0 aromatic carbocycles. The molecule has 5 nitrogen and oxygen atoms in total. The second-order valence-electron chi connectivity index (χ2n) is 4.88. The molecule has 2 aromatic rings. The third kappa shape index (κ3) is 2.23. The Hall–Kier alpha value is -2.17. The molecule has 1 saturated heterocycles. The van der Waals surface area contributed by atoms with Crippen molar-refractivity contribution in [1.29, 1.82) is 0 Å². The highest BCUT2D eigenvalue weighted by atomic mass is 16.2. The summed E-state index contributed by atoms with van der Waals surface area (Å²) < 4.78 is 1.70. The van der Waals surface area contributed by atoms with E-state index in [4.69, 9.17) is 0 Å². The van der Waals surface area contributed by atoms with Crippen molar-refractivity contribution in [3.05, 3.63) is 48.5 Å². The second-order valence-corrected chi connectivity index (χ2v) is 4.88. The number of amides is 1. The molecule has 0 saturated carbocycles. The Bertz CT molecular complexity index is 546. The van der Waals surface area contributed by atoms with Gasteiger partial charge >= 0.3 is 0 Å². The van der Waals surface area contributed by atoms with Crippen LogP contribution in [0, 0.1) is 0 Å². The number of likely N-dealkylation sites (tertiary alicyclic amines) is 1. The van der Waals surface area contributed by atoms with Crippen molar-refractivity contribution in [1.82, 2.24) is 19.7 Å². The van der Waals surface area contributed by atoms with Crippen molar-refractivity contribution in [3.8, 4) is 0 Å². The fourth-order valence-corrected chi connectivity index (χ4v) is 2.39. The van der Waals surface area contributed by atoms with E-state index in [1.807, 2.05) is 36.2 Å². The number of carbonyl (C=O) groups excluding carboxylic acids is 1. The van der Waals surface area contributed by atoms with Crippen LogP contribution in [0.25, 0.3) is 0 Å². The smallest absolute Gasteiger partial charge is 0.247 e. The molecule has 0 bridgehead atoms. The monoisotopic (exact) mass is 256 g/mol. The average Bonchev–Trinajstić information content (AvgIpc) is 2.91. The molecular weight excluding hydrogens is 240 g/mol. The molecule has 1 aliphatic rings. The molecule has 1 atom stereocenters. The summed E-state index contributed by atoms with van der Waals surface area (Å²) in [5.74, 6) is 0.575. The van der Waals surface area contributed by atoms with Gasteiger partial charge in [-0.3, -0.25) is 14.5 Å². The third-order valence-corrected chi connectivity index (χ3v) is 3.65. The zero-order chi connectivity index (χ0) is 13.2. The van der Waals surface area contributed by atoms with Crippen LogP contribution in [0.2, 0.25) is 0 Å². The van der Waals surface area contributed by atoms with Crippen LogP contribution in [0.4, 0.5) is 0 Å². The van der Waals surface area contributed by atoms with E-state index in [0.717, 1.165) is 13.1 Å². The molecule has 0 N–H and O–H groups in total. The fourth-order valence-electron chi connectivity index (χ4n) is 2.39. The summed E-state index contributed by atoms with van der Waals surface area (Å²) in [6.45, 7) is 3.46. The quantitative estimate of drug-likeness (QED) is 0.835. The average molecular weight is 256 g/mol. The number of nitrogens with zero attached hydrogens (tertiary/aromatic N) is 4. The predicted molar refractivity (Wildman–Crippen MR) is 70.5 cm³/mol. The molecule has 1 amide bonds. The lowest BCUT2D eigenvalue weighted by Crippen LogP contribution is -2.50. The van der Waals surface area contributed by atoms with E-state index in [1.54, 1.807) is 23.3 Å². The molecule has 0 aliphatic carbocycles. The van der Waals surface area contributed by atoms with Crippen LogP contribution in [0.1, 0.15) is 24.4 Å². The minimum absolute atomic E-state index is 0.133. The highest BCUT2D eigenvalue weighted by Gasteiger charge is 2.34. The van der Waals surface area contributed by atoms with E-state index in [1.165, 1.54) is 5.56 Å². The Morgan fingerprint density at radius 1 is 1.32 bits per heavy atom. The minimum atomic E-state index is -0.228. The maximum Gasteiger partial charge on any atom is 0.247 e. The molecule has 0 radical (unpaired) electrons. The number of carbonyl (C=O) groups is 1. The Kier molecular flexibility index (Phi) is 3.03. The first-order chi connectivity index (χ1) is 9.25. The van der Waals surface area contributed by atoms with E-state index in [-0.39, 0.29) is 11.9 Å². The lowest BCUT2D eigenvalue weighted by atomic mass is 9.92. The summed E-state index contributed by atoms with van der Waals surface area (Å²) in [6, 6.07) is 5.64. The number of hydrogen-bond acceptors (Lipinski definition) is 3. The first-order valence-corrected chi connectivity index (χ1v) is 6.43. The van der Waals surface area contributed by atoms with Gasteiger partial charge in [0.15, 0.2) is 0 Å². The van der Waals surface area contributed by atoms with E-state index in [9.17, 15) is 4.79 Å². The van der Waals surface area contributed by atoms with Crippen molar-refractivity contribution in [3.63, 3.8) is 0 Å². The summed E-state index contributed by atoms with van der Waals surface area (Å²) in [5.41, 5.74) is 1.26. The summed E-state index contributed by atoms with van der Waals surface area (Å²) in [5, 5.41) is 4.12. The first-order valence-electron chi connectivity index (χ1n) is 6.43. The Morgan fingerprint density at radius 2 is 2.05 bits per heavy atom. The van der Waals surface area contributed by atoms with Gasteiger partial charge in [-0.05, 0) is 30.7 Å².